The van der Waals surface area contributed by atoms with E-state index in [0.717, 1.165) is 23.7 Å². The summed E-state index contributed by atoms with van der Waals surface area (Å²) in [5, 5.41) is 0. The van der Waals surface area contributed by atoms with Crippen molar-refractivity contribution in [1.29, 1.82) is 0 Å². The van der Waals surface area contributed by atoms with Crippen LogP contribution in [0.25, 0.3) is 0 Å². The predicted molar refractivity (Wildman–Crippen MR) is 76.0 cm³/mol. The van der Waals surface area contributed by atoms with Gasteiger partial charge in [0.25, 0.3) is 0 Å². The van der Waals surface area contributed by atoms with Gasteiger partial charge in [-0.25, -0.2) is 0 Å². The van der Waals surface area contributed by atoms with Gasteiger partial charge in [0.15, 0.2) is 0 Å². The SMILES string of the molecule is C/C=C/CC1CCC(C2CCC(C)CC2)CC1. The number of hydrogen-bond acceptors (Lipinski definition) is 0. The highest BCUT2D eigenvalue weighted by Crippen LogP contribution is 2.41. The second-order valence-electron chi connectivity index (χ2n) is 6.61. The van der Waals surface area contributed by atoms with Gasteiger partial charge in [-0.2, -0.15) is 0 Å². The zero-order valence-corrected chi connectivity index (χ0v) is 11.8. The standard InChI is InChI=1S/C17H30/c1-3-4-5-15-8-12-17(13-9-15)16-10-6-14(2)7-11-16/h3-4,14-17H,5-13H2,1-2H3/b4-3+. The fraction of sp³-hybridized carbons (Fsp3) is 0.882. The molecular formula is C17H30. The van der Waals surface area contributed by atoms with Crippen molar-refractivity contribution >= 4 is 0 Å². The molecule has 0 heteroatoms. The van der Waals surface area contributed by atoms with Crippen LogP contribution < -0.4 is 0 Å². The Bertz CT molecular complexity index is 224. The molecule has 0 unspecified atom stereocenters. The summed E-state index contributed by atoms with van der Waals surface area (Å²) < 4.78 is 0. The van der Waals surface area contributed by atoms with E-state index in [4.69, 9.17) is 0 Å². The molecule has 0 spiro atoms. The minimum Gasteiger partial charge on any atom is -0.0917 e. The number of rotatable bonds is 3. The summed E-state index contributed by atoms with van der Waals surface area (Å²) in [7, 11) is 0. The van der Waals surface area contributed by atoms with Gasteiger partial charge in [-0.3, -0.25) is 0 Å². The Morgan fingerprint density at radius 3 is 1.88 bits per heavy atom. The van der Waals surface area contributed by atoms with Crippen molar-refractivity contribution in [1.82, 2.24) is 0 Å². The lowest BCUT2D eigenvalue weighted by molar-refractivity contribution is 0.151. The largest absolute Gasteiger partial charge is 0.0917 e. The Balaban J connectivity index is 1.71. The van der Waals surface area contributed by atoms with Gasteiger partial charge in [0, 0.05) is 0 Å². The maximum absolute atomic E-state index is 2.43. The van der Waals surface area contributed by atoms with Gasteiger partial charge in [-0.15, -0.1) is 0 Å². The summed E-state index contributed by atoms with van der Waals surface area (Å²) in [6.45, 7) is 4.58. The molecule has 0 heterocycles. The van der Waals surface area contributed by atoms with Crippen LogP contribution in [0.5, 0.6) is 0 Å². The second kappa shape index (κ2) is 6.61. The Labute approximate surface area is 108 Å². The first-order valence-electron chi connectivity index (χ1n) is 7.90. The van der Waals surface area contributed by atoms with Gasteiger partial charge in [0.2, 0.25) is 0 Å². The van der Waals surface area contributed by atoms with Crippen molar-refractivity contribution < 1.29 is 0 Å². The van der Waals surface area contributed by atoms with Gasteiger partial charge >= 0.3 is 0 Å². The van der Waals surface area contributed by atoms with Gasteiger partial charge < -0.3 is 0 Å². The third-order valence-corrected chi connectivity index (χ3v) is 5.32. The molecule has 0 aromatic carbocycles. The molecule has 2 rings (SSSR count). The Morgan fingerprint density at radius 2 is 1.35 bits per heavy atom. The zero-order valence-electron chi connectivity index (χ0n) is 11.8. The van der Waals surface area contributed by atoms with Gasteiger partial charge in [0.05, 0.1) is 0 Å². The summed E-state index contributed by atoms with van der Waals surface area (Å²) in [6.07, 6.45) is 18.1. The minimum atomic E-state index is 1.00. The van der Waals surface area contributed by atoms with E-state index in [0.29, 0.717) is 0 Å². The quantitative estimate of drug-likeness (QED) is 0.559. The predicted octanol–water partition coefficient (Wildman–Crippen LogP) is 5.59. The van der Waals surface area contributed by atoms with Crippen LogP contribution in [0.15, 0.2) is 12.2 Å². The monoisotopic (exact) mass is 234 g/mol. The van der Waals surface area contributed by atoms with E-state index in [1.165, 1.54) is 57.8 Å². The second-order valence-corrected chi connectivity index (χ2v) is 6.61. The summed E-state index contributed by atoms with van der Waals surface area (Å²) >= 11 is 0. The van der Waals surface area contributed by atoms with Crippen LogP contribution in [0, 0.1) is 23.7 Å². The molecule has 0 nitrogen and oxygen atoms in total. The summed E-state index contributed by atoms with van der Waals surface area (Å²) in [5.41, 5.74) is 0. The van der Waals surface area contributed by atoms with E-state index in [-0.39, 0.29) is 0 Å². The van der Waals surface area contributed by atoms with Crippen molar-refractivity contribution in [3.05, 3.63) is 12.2 Å². The van der Waals surface area contributed by atoms with Crippen molar-refractivity contribution in [3.63, 3.8) is 0 Å². The highest BCUT2D eigenvalue weighted by Gasteiger charge is 2.29. The lowest BCUT2D eigenvalue weighted by Crippen LogP contribution is -2.25. The Hall–Kier alpha value is -0.260. The van der Waals surface area contributed by atoms with E-state index in [9.17, 15) is 0 Å². The van der Waals surface area contributed by atoms with Crippen LogP contribution >= 0.6 is 0 Å². The Kier molecular flexibility index (Phi) is 5.13. The molecule has 0 N–H and O–H groups in total. The molecule has 0 amide bonds. The maximum Gasteiger partial charge on any atom is -0.0322 e. The first kappa shape index (κ1) is 13.2. The topological polar surface area (TPSA) is 0 Å². The normalized spacial score (nSPS) is 39.6. The van der Waals surface area contributed by atoms with Crippen LogP contribution in [0.1, 0.15) is 71.6 Å². The molecule has 2 saturated carbocycles. The van der Waals surface area contributed by atoms with E-state index < -0.39 is 0 Å². The van der Waals surface area contributed by atoms with Crippen LogP contribution in [0.3, 0.4) is 0 Å². The lowest BCUT2D eigenvalue weighted by Gasteiger charge is -2.37. The smallest absolute Gasteiger partial charge is 0.0322 e. The third-order valence-electron chi connectivity index (χ3n) is 5.32. The number of hydrogen-bond donors (Lipinski definition) is 0. The van der Waals surface area contributed by atoms with Gasteiger partial charge in [-0.1, -0.05) is 31.9 Å². The number of allylic oxidation sites excluding steroid dienone is 2. The molecule has 2 aliphatic carbocycles. The summed E-state index contributed by atoms with van der Waals surface area (Å²) in [4.78, 5) is 0. The fourth-order valence-corrected chi connectivity index (χ4v) is 3.98. The van der Waals surface area contributed by atoms with E-state index in [1.54, 1.807) is 0 Å². The highest BCUT2D eigenvalue weighted by atomic mass is 14.3. The van der Waals surface area contributed by atoms with Crippen molar-refractivity contribution in [3.8, 4) is 0 Å². The summed E-state index contributed by atoms with van der Waals surface area (Å²) in [6, 6.07) is 0. The zero-order chi connectivity index (χ0) is 12.1. The van der Waals surface area contributed by atoms with Crippen molar-refractivity contribution in [2.24, 2.45) is 23.7 Å². The van der Waals surface area contributed by atoms with E-state index in [1.807, 2.05) is 0 Å². The molecule has 2 fully saturated rings. The first-order chi connectivity index (χ1) is 8.29. The molecule has 0 atom stereocenters. The van der Waals surface area contributed by atoms with Gasteiger partial charge in [0.1, 0.15) is 0 Å². The molecule has 0 aromatic rings. The molecule has 0 aliphatic heterocycles. The third kappa shape index (κ3) is 3.86. The molecular weight excluding hydrogens is 204 g/mol. The molecule has 2 aliphatic rings. The summed E-state index contributed by atoms with van der Waals surface area (Å²) in [5.74, 6) is 4.19. The average molecular weight is 234 g/mol. The molecule has 98 valence electrons. The molecule has 0 radical (unpaired) electrons. The fourth-order valence-electron chi connectivity index (χ4n) is 3.98. The first-order valence-corrected chi connectivity index (χ1v) is 7.90. The average Bonchev–Trinajstić information content (AvgIpc) is 2.38. The van der Waals surface area contributed by atoms with Crippen molar-refractivity contribution in [2.75, 3.05) is 0 Å². The van der Waals surface area contributed by atoms with Crippen LogP contribution in [0.4, 0.5) is 0 Å². The lowest BCUT2D eigenvalue weighted by atomic mass is 9.69. The molecule has 0 bridgehead atoms. The van der Waals surface area contributed by atoms with Gasteiger partial charge in [-0.05, 0) is 75.5 Å². The van der Waals surface area contributed by atoms with E-state index >= 15 is 0 Å². The van der Waals surface area contributed by atoms with Crippen molar-refractivity contribution in [2.45, 2.75) is 71.6 Å². The van der Waals surface area contributed by atoms with Crippen LogP contribution in [0.2, 0.25) is 0 Å². The Morgan fingerprint density at radius 1 is 0.824 bits per heavy atom. The molecule has 0 saturated heterocycles. The minimum absolute atomic E-state index is 1.00. The highest BCUT2D eigenvalue weighted by molar-refractivity contribution is 4.85. The molecule has 17 heavy (non-hydrogen) atoms. The van der Waals surface area contributed by atoms with Crippen LogP contribution in [-0.2, 0) is 0 Å². The molecule has 0 aromatic heterocycles. The maximum atomic E-state index is 2.43. The van der Waals surface area contributed by atoms with Crippen LogP contribution in [-0.4, -0.2) is 0 Å². The van der Waals surface area contributed by atoms with E-state index in [2.05, 4.69) is 26.0 Å².